The minimum absolute atomic E-state index is 0.572. The minimum Gasteiger partial charge on any atom is -0.497 e. The molecule has 2 heteroatoms. The summed E-state index contributed by atoms with van der Waals surface area (Å²) < 4.78 is 5.26. The van der Waals surface area contributed by atoms with Crippen LogP contribution < -0.4 is 10.1 Å². The Bertz CT molecular complexity index is 419. The Morgan fingerprint density at radius 2 is 2.22 bits per heavy atom. The molecule has 0 radical (unpaired) electrons. The van der Waals surface area contributed by atoms with Gasteiger partial charge in [0.25, 0.3) is 0 Å². The summed E-state index contributed by atoms with van der Waals surface area (Å²) in [6.07, 6.45) is 4.96. The van der Waals surface area contributed by atoms with Crippen LogP contribution in [0.25, 0.3) is 6.08 Å². The van der Waals surface area contributed by atoms with Crippen molar-refractivity contribution in [1.82, 2.24) is 5.32 Å². The van der Waals surface area contributed by atoms with Gasteiger partial charge in [0.15, 0.2) is 0 Å². The maximum atomic E-state index is 5.26. The maximum Gasteiger partial charge on any atom is 0.119 e. The van der Waals surface area contributed by atoms with Gasteiger partial charge >= 0.3 is 0 Å². The Hall–Kier alpha value is -1.28. The van der Waals surface area contributed by atoms with Crippen LogP contribution in [0.5, 0.6) is 5.75 Å². The molecule has 1 saturated carbocycles. The number of ether oxygens (including phenoxy) is 1. The SMILES string of the molecule is COc1cccc(C=C(CNC2CC2)C(C)C)c1. The highest BCUT2D eigenvalue weighted by molar-refractivity contribution is 5.55. The van der Waals surface area contributed by atoms with E-state index in [0.717, 1.165) is 18.3 Å². The van der Waals surface area contributed by atoms with Gasteiger partial charge in [-0.25, -0.2) is 0 Å². The molecule has 0 unspecified atom stereocenters. The molecule has 1 aromatic carbocycles. The molecule has 1 aliphatic rings. The Balaban J connectivity index is 2.08. The molecule has 1 aromatic rings. The van der Waals surface area contributed by atoms with E-state index in [0.29, 0.717) is 5.92 Å². The Morgan fingerprint density at radius 1 is 1.44 bits per heavy atom. The van der Waals surface area contributed by atoms with E-state index in [-0.39, 0.29) is 0 Å². The predicted octanol–water partition coefficient (Wildman–Crippen LogP) is 3.49. The van der Waals surface area contributed by atoms with Crippen LogP contribution >= 0.6 is 0 Å². The van der Waals surface area contributed by atoms with Crippen molar-refractivity contribution in [3.05, 3.63) is 35.4 Å². The molecule has 2 nitrogen and oxygen atoms in total. The molecule has 0 amide bonds. The lowest BCUT2D eigenvalue weighted by Crippen LogP contribution is -2.21. The number of rotatable bonds is 6. The van der Waals surface area contributed by atoms with Crippen molar-refractivity contribution in [2.24, 2.45) is 5.92 Å². The fraction of sp³-hybridized carbons (Fsp3) is 0.500. The second-order valence-electron chi connectivity index (χ2n) is 5.31. The largest absolute Gasteiger partial charge is 0.497 e. The van der Waals surface area contributed by atoms with E-state index < -0.39 is 0 Å². The molecule has 0 saturated heterocycles. The van der Waals surface area contributed by atoms with Crippen molar-refractivity contribution in [2.45, 2.75) is 32.7 Å². The lowest BCUT2D eigenvalue weighted by atomic mass is 10.00. The summed E-state index contributed by atoms with van der Waals surface area (Å²) in [5, 5.41) is 3.59. The first-order valence-electron chi connectivity index (χ1n) is 6.77. The zero-order valence-electron chi connectivity index (χ0n) is 11.6. The van der Waals surface area contributed by atoms with Gasteiger partial charge < -0.3 is 10.1 Å². The lowest BCUT2D eigenvalue weighted by Gasteiger charge is -2.13. The second kappa shape index (κ2) is 6.05. The van der Waals surface area contributed by atoms with Gasteiger partial charge in [-0.05, 0) is 36.5 Å². The van der Waals surface area contributed by atoms with Crippen LogP contribution in [0.2, 0.25) is 0 Å². The first kappa shape index (κ1) is 13.2. The van der Waals surface area contributed by atoms with Crippen molar-refractivity contribution >= 4 is 6.08 Å². The standard InChI is InChI=1S/C16H23NO/c1-12(2)14(11-17-15-7-8-15)9-13-5-4-6-16(10-13)18-3/h4-6,9-10,12,15,17H,7-8,11H2,1-3H3. The quantitative estimate of drug-likeness (QED) is 0.828. The van der Waals surface area contributed by atoms with Gasteiger partial charge in [0.1, 0.15) is 5.75 Å². The van der Waals surface area contributed by atoms with E-state index in [1.165, 1.54) is 24.0 Å². The number of hydrogen-bond acceptors (Lipinski definition) is 2. The monoisotopic (exact) mass is 245 g/mol. The van der Waals surface area contributed by atoms with Crippen molar-refractivity contribution in [2.75, 3.05) is 13.7 Å². The van der Waals surface area contributed by atoms with Crippen LogP contribution in [0.4, 0.5) is 0 Å². The summed E-state index contributed by atoms with van der Waals surface area (Å²) >= 11 is 0. The van der Waals surface area contributed by atoms with Gasteiger partial charge in [-0.2, -0.15) is 0 Å². The van der Waals surface area contributed by atoms with Gasteiger partial charge in [-0.3, -0.25) is 0 Å². The van der Waals surface area contributed by atoms with Gasteiger partial charge in [-0.1, -0.05) is 37.6 Å². The van der Waals surface area contributed by atoms with E-state index in [1.807, 2.05) is 12.1 Å². The summed E-state index contributed by atoms with van der Waals surface area (Å²) in [5.41, 5.74) is 2.67. The maximum absolute atomic E-state index is 5.26. The summed E-state index contributed by atoms with van der Waals surface area (Å²) in [6, 6.07) is 8.99. The molecular formula is C16H23NO. The number of benzene rings is 1. The van der Waals surface area contributed by atoms with Crippen LogP contribution in [0.1, 0.15) is 32.3 Å². The summed E-state index contributed by atoms with van der Waals surface area (Å²) in [4.78, 5) is 0. The molecular weight excluding hydrogens is 222 g/mol. The summed E-state index contributed by atoms with van der Waals surface area (Å²) in [5.74, 6) is 1.49. The molecule has 2 rings (SSSR count). The van der Waals surface area contributed by atoms with Crippen LogP contribution in [-0.4, -0.2) is 19.7 Å². The number of methoxy groups -OCH3 is 1. The van der Waals surface area contributed by atoms with Gasteiger partial charge in [0.05, 0.1) is 7.11 Å². The molecule has 0 aliphatic heterocycles. The molecule has 0 heterocycles. The van der Waals surface area contributed by atoms with Crippen LogP contribution in [0, 0.1) is 5.92 Å². The third-order valence-electron chi connectivity index (χ3n) is 3.36. The Kier molecular flexibility index (Phi) is 4.43. The fourth-order valence-electron chi connectivity index (χ4n) is 1.92. The average Bonchev–Trinajstić information content (AvgIpc) is 3.18. The highest BCUT2D eigenvalue weighted by atomic mass is 16.5. The van der Waals surface area contributed by atoms with E-state index in [4.69, 9.17) is 4.74 Å². The fourth-order valence-corrected chi connectivity index (χ4v) is 1.92. The van der Waals surface area contributed by atoms with E-state index in [1.54, 1.807) is 7.11 Å². The third kappa shape index (κ3) is 3.88. The van der Waals surface area contributed by atoms with Crippen LogP contribution in [0.15, 0.2) is 29.8 Å². The van der Waals surface area contributed by atoms with Crippen molar-refractivity contribution < 1.29 is 4.74 Å². The van der Waals surface area contributed by atoms with Crippen molar-refractivity contribution in [1.29, 1.82) is 0 Å². The lowest BCUT2D eigenvalue weighted by molar-refractivity contribution is 0.414. The highest BCUT2D eigenvalue weighted by Gasteiger charge is 2.20. The molecule has 1 N–H and O–H groups in total. The summed E-state index contributed by atoms with van der Waals surface area (Å²) in [7, 11) is 1.71. The average molecular weight is 245 g/mol. The van der Waals surface area contributed by atoms with Crippen LogP contribution in [0.3, 0.4) is 0 Å². The third-order valence-corrected chi connectivity index (χ3v) is 3.36. The normalized spacial score (nSPS) is 16.1. The molecule has 0 aromatic heterocycles. The molecule has 1 aliphatic carbocycles. The molecule has 98 valence electrons. The molecule has 0 bridgehead atoms. The zero-order chi connectivity index (χ0) is 13.0. The first-order valence-corrected chi connectivity index (χ1v) is 6.77. The molecule has 18 heavy (non-hydrogen) atoms. The van der Waals surface area contributed by atoms with Gasteiger partial charge in [0.2, 0.25) is 0 Å². The van der Waals surface area contributed by atoms with Gasteiger partial charge in [0, 0.05) is 12.6 Å². The number of nitrogens with one attached hydrogen (secondary N) is 1. The van der Waals surface area contributed by atoms with Gasteiger partial charge in [-0.15, -0.1) is 0 Å². The Morgan fingerprint density at radius 3 is 2.83 bits per heavy atom. The molecule has 1 fully saturated rings. The van der Waals surface area contributed by atoms with Crippen molar-refractivity contribution in [3.8, 4) is 5.75 Å². The smallest absolute Gasteiger partial charge is 0.119 e. The van der Waals surface area contributed by atoms with E-state index in [2.05, 4.69) is 37.4 Å². The highest BCUT2D eigenvalue weighted by Crippen LogP contribution is 2.22. The van der Waals surface area contributed by atoms with Crippen LogP contribution in [-0.2, 0) is 0 Å². The number of hydrogen-bond donors (Lipinski definition) is 1. The first-order chi connectivity index (χ1) is 8.69. The molecule has 0 atom stereocenters. The molecule has 0 spiro atoms. The van der Waals surface area contributed by atoms with Crippen molar-refractivity contribution in [3.63, 3.8) is 0 Å². The summed E-state index contributed by atoms with van der Waals surface area (Å²) in [6.45, 7) is 5.50. The zero-order valence-corrected chi connectivity index (χ0v) is 11.6. The Labute approximate surface area is 110 Å². The predicted molar refractivity (Wildman–Crippen MR) is 76.8 cm³/mol. The topological polar surface area (TPSA) is 21.3 Å². The van der Waals surface area contributed by atoms with E-state index in [9.17, 15) is 0 Å². The minimum atomic E-state index is 0.572. The van der Waals surface area contributed by atoms with E-state index >= 15 is 0 Å². The second-order valence-corrected chi connectivity index (χ2v) is 5.31.